The normalized spacial score (nSPS) is 14.4. The smallest absolute Gasteiger partial charge is 0.0343 e. The second-order valence-electron chi connectivity index (χ2n) is 5.42. The van der Waals surface area contributed by atoms with Crippen molar-refractivity contribution in [3.05, 3.63) is 34.3 Å². The molecule has 1 N–H and O–H groups in total. The number of hydrogen-bond acceptors (Lipinski definition) is 3. The van der Waals surface area contributed by atoms with Crippen molar-refractivity contribution in [1.29, 1.82) is 0 Å². The van der Waals surface area contributed by atoms with Gasteiger partial charge in [-0.1, -0.05) is 48.0 Å². The Morgan fingerprint density at radius 3 is 2.57 bits per heavy atom. The molecule has 4 heteroatoms. The molecule has 0 aliphatic carbocycles. The van der Waals surface area contributed by atoms with Crippen molar-refractivity contribution >= 4 is 27.7 Å². The summed E-state index contributed by atoms with van der Waals surface area (Å²) >= 11 is 5.63. The Bertz CT molecular complexity index is 400. The molecule has 0 bridgehead atoms. The van der Waals surface area contributed by atoms with Gasteiger partial charge in [-0.25, -0.2) is 0 Å². The van der Waals surface area contributed by atoms with Crippen LogP contribution in [-0.2, 0) is 0 Å². The molecule has 1 aromatic carbocycles. The first-order chi connectivity index (χ1) is 10.1. The van der Waals surface area contributed by atoms with E-state index in [-0.39, 0.29) is 0 Å². The minimum atomic E-state index is 0.416. The van der Waals surface area contributed by atoms with Crippen LogP contribution in [0.5, 0.6) is 0 Å². The molecule has 2 nitrogen and oxygen atoms in total. The average molecular weight is 373 g/mol. The lowest BCUT2D eigenvalue weighted by atomic mass is 10.0. The summed E-state index contributed by atoms with van der Waals surface area (Å²) in [6, 6.07) is 9.65. The maximum absolute atomic E-state index is 3.68. The Kier molecular flexibility index (Phi) is 9.65. The fourth-order valence-electron chi connectivity index (χ4n) is 2.64. The van der Waals surface area contributed by atoms with Crippen molar-refractivity contribution in [2.24, 2.45) is 0 Å². The topological polar surface area (TPSA) is 15.3 Å². The van der Waals surface area contributed by atoms with Gasteiger partial charge in [-0.15, -0.1) is 0 Å². The summed E-state index contributed by atoms with van der Waals surface area (Å²) in [5.41, 5.74) is 1.37. The van der Waals surface area contributed by atoms with E-state index in [0.29, 0.717) is 12.1 Å². The molecule has 0 aliphatic rings. The fraction of sp³-hybridized carbons (Fsp3) is 0.647. The quantitative estimate of drug-likeness (QED) is 0.647. The number of rotatable bonds is 10. The first-order valence-electron chi connectivity index (χ1n) is 7.80. The third kappa shape index (κ3) is 6.31. The van der Waals surface area contributed by atoms with E-state index in [9.17, 15) is 0 Å². The predicted molar refractivity (Wildman–Crippen MR) is 100 cm³/mol. The number of nitrogens with zero attached hydrogens (tertiary/aromatic N) is 1. The molecular weight excluding hydrogens is 344 g/mol. The highest BCUT2D eigenvalue weighted by molar-refractivity contribution is 9.10. The molecule has 0 saturated heterocycles. The summed E-state index contributed by atoms with van der Waals surface area (Å²) in [7, 11) is 2.26. The highest BCUT2D eigenvalue weighted by Crippen LogP contribution is 2.26. The monoisotopic (exact) mass is 372 g/mol. The average Bonchev–Trinajstić information content (AvgIpc) is 2.49. The lowest BCUT2D eigenvalue weighted by molar-refractivity contribution is 0.241. The van der Waals surface area contributed by atoms with Crippen LogP contribution in [-0.4, -0.2) is 43.1 Å². The van der Waals surface area contributed by atoms with Gasteiger partial charge in [0.1, 0.15) is 0 Å². The van der Waals surface area contributed by atoms with Crippen LogP contribution in [0, 0.1) is 0 Å². The summed E-state index contributed by atoms with van der Waals surface area (Å²) in [5.74, 6) is 1.22. The number of benzene rings is 1. The van der Waals surface area contributed by atoms with Crippen LogP contribution in [0.4, 0.5) is 0 Å². The van der Waals surface area contributed by atoms with Gasteiger partial charge >= 0.3 is 0 Å². The molecule has 2 unspecified atom stereocenters. The minimum Gasteiger partial charge on any atom is -0.310 e. The van der Waals surface area contributed by atoms with Crippen molar-refractivity contribution in [2.45, 2.75) is 38.8 Å². The van der Waals surface area contributed by atoms with Gasteiger partial charge in [-0.05, 0) is 50.9 Å². The molecule has 0 saturated carbocycles. The van der Waals surface area contributed by atoms with Crippen LogP contribution < -0.4 is 5.32 Å². The number of halogens is 1. The molecule has 0 radical (unpaired) electrons. The van der Waals surface area contributed by atoms with E-state index in [0.717, 1.165) is 19.5 Å². The molecule has 2 atom stereocenters. The highest BCUT2D eigenvalue weighted by Gasteiger charge is 2.17. The van der Waals surface area contributed by atoms with Crippen LogP contribution in [0.15, 0.2) is 28.7 Å². The Morgan fingerprint density at radius 2 is 2.00 bits per heavy atom. The molecular formula is C17H29BrN2S. The van der Waals surface area contributed by atoms with Crippen LogP contribution in [0.1, 0.15) is 38.3 Å². The van der Waals surface area contributed by atoms with Crippen LogP contribution in [0.2, 0.25) is 0 Å². The first-order valence-corrected chi connectivity index (χ1v) is 9.99. The number of thioether (sulfide) groups is 1. The van der Waals surface area contributed by atoms with Gasteiger partial charge in [0.05, 0.1) is 0 Å². The molecule has 1 aromatic rings. The molecule has 120 valence electrons. The van der Waals surface area contributed by atoms with Crippen LogP contribution in [0.25, 0.3) is 0 Å². The Hall–Kier alpha value is -0.0300. The second kappa shape index (κ2) is 10.7. The molecule has 21 heavy (non-hydrogen) atoms. The fourth-order valence-corrected chi connectivity index (χ4v) is 4.07. The van der Waals surface area contributed by atoms with E-state index in [1.165, 1.54) is 22.2 Å². The molecule has 0 aromatic heterocycles. The lowest BCUT2D eigenvalue weighted by Gasteiger charge is -2.29. The number of hydrogen-bond donors (Lipinski definition) is 1. The van der Waals surface area contributed by atoms with Crippen LogP contribution >= 0.6 is 27.7 Å². The summed E-state index contributed by atoms with van der Waals surface area (Å²) in [5, 5.41) is 3.62. The third-order valence-corrected chi connectivity index (χ3v) is 5.40. The van der Waals surface area contributed by atoms with Crippen molar-refractivity contribution < 1.29 is 0 Å². The van der Waals surface area contributed by atoms with Crippen molar-refractivity contribution in [1.82, 2.24) is 10.2 Å². The van der Waals surface area contributed by atoms with Gasteiger partial charge in [0.15, 0.2) is 0 Å². The SMILES string of the molecule is CCNC(CCN(C)C(CC)CSC)c1ccccc1Br. The van der Waals surface area contributed by atoms with Gasteiger partial charge in [-0.3, -0.25) is 0 Å². The van der Waals surface area contributed by atoms with E-state index in [1.807, 2.05) is 11.8 Å². The molecule has 0 fully saturated rings. The Morgan fingerprint density at radius 1 is 1.29 bits per heavy atom. The summed E-state index contributed by atoms with van der Waals surface area (Å²) in [6.45, 7) is 6.58. The lowest BCUT2D eigenvalue weighted by Crippen LogP contribution is -2.36. The first kappa shape index (κ1) is 19.0. The number of nitrogens with one attached hydrogen (secondary N) is 1. The summed E-state index contributed by atoms with van der Waals surface area (Å²) in [4.78, 5) is 2.51. The van der Waals surface area contributed by atoms with Gasteiger partial charge in [0.25, 0.3) is 0 Å². The molecule has 0 aliphatic heterocycles. The maximum atomic E-state index is 3.68. The second-order valence-corrected chi connectivity index (χ2v) is 7.18. The van der Waals surface area contributed by atoms with Gasteiger partial charge in [0, 0.05) is 22.3 Å². The zero-order valence-corrected chi connectivity index (χ0v) is 16.1. The minimum absolute atomic E-state index is 0.416. The molecule has 0 spiro atoms. The van der Waals surface area contributed by atoms with E-state index in [1.54, 1.807) is 0 Å². The molecule has 0 heterocycles. The van der Waals surface area contributed by atoms with Gasteiger partial charge < -0.3 is 10.2 Å². The van der Waals surface area contributed by atoms with E-state index >= 15 is 0 Å². The summed E-state index contributed by atoms with van der Waals surface area (Å²) < 4.78 is 1.20. The third-order valence-electron chi connectivity index (χ3n) is 3.96. The highest BCUT2D eigenvalue weighted by atomic mass is 79.9. The molecule has 1 rings (SSSR count). The Balaban J connectivity index is 2.65. The van der Waals surface area contributed by atoms with Gasteiger partial charge in [0.2, 0.25) is 0 Å². The van der Waals surface area contributed by atoms with Crippen molar-refractivity contribution in [2.75, 3.05) is 32.1 Å². The largest absolute Gasteiger partial charge is 0.310 e. The van der Waals surface area contributed by atoms with E-state index in [4.69, 9.17) is 0 Å². The van der Waals surface area contributed by atoms with E-state index in [2.05, 4.69) is 77.6 Å². The summed E-state index contributed by atoms with van der Waals surface area (Å²) in [6.07, 6.45) is 4.55. The standard InChI is InChI=1S/C17H29BrN2S/c1-5-14(13-21-4)20(3)12-11-17(19-6-2)15-9-7-8-10-16(15)18/h7-10,14,17,19H,5-6,11-13H2,1-4H3. The maximum Gasteiger partial charge on any atom is 0.0343 e. The molecule has 0 amide bonds. The van der Waals surface area contributed by atoms with Crippen molar-refractivity contribution in [3.8, 4) is 0 Å². The Labute approximate surface area is 143 Å². The van der Waals surface area contributed by atoms with Crippen molar-refractivity contribution in [3.63, 3.8) is 0 Å². The zero-order chi connectivity index (χ0) is 15.7. The zero-order valence-electron chi connectivity index (χ0n) is 13.7. The van der Waals surface area contributed by atoms with E-state index < -0.39 is 0 Å². The van der Waals surface area contributed by atoms with Gasteiger partial charge in [-0.2, -0.15) is 11.8 Å². The van der Waals surface area contributed by atoms with Crippen LogP contribution in [0.3, 0.4) is 0 Å². The predicted octanol–water partition coefficient (Wildman–Crippen LogP) is 4.56.